The molecule has 1 aliphatic rings. The lowest BCUT2D eigenvalue weighted by Crippen LogP contribution is -2.38. The van der Waals surface area contributed by atoms with Crippen molar-refractivity contribution in [2.45, 2.75) is 25.8 Å². The molecule has 2 N–H and O–H groups in total. The monoisotopic (exact) mass is 236 g/mol. The second kappa shape index (κ2) is 7.91. The average Bonchev–Trinajstić information content (AvgIpc) is 2.98. The summed E-state index contributed by atoms with van der Waals surface area (Å²) in [6, 6.07) is 0.308. The van der Waals surface area contributed by atoms with Gasteiger partial charge in [0.15, 0.2) is 0 Å². The standard InChI is InChI=1S/C10H20N2O2.ClH/c1-8(11-2)5-12-10(13)7-14-6-9-3-4-9;/h8-9,11H,3-7H2,1-2H3,(H,12,13);1H. The number of hydrogen-bond donors (Lipinski definition) is 2. The van der Waals surface area contributed by atoms with Gasteiger partial charge < -0.3 is 15.4 Å². The van der Waals surface area contributed by atoms with Gasteiger partial charge in [-0.2, -0.15) is 0 Å². The Hall–Kier alpha value is -0.320. The molecule has 1 fully saturated rings. The molecule has 15 heavy (non-hydrogen) atoms. The van der Waals surface area contributed by atoms with Gasteiger partial charge in [-0.3, -0.25) is 4.79 Å². The molecule has 90 valence electrons. The lowest BCUT2D eigenvalue weighted by molar-refractivity contribution is -0.125. The highest BCUT2D eigenvalue weighted by molar-refractivity contribution is 5.85. The van der Waals surface area contributed by atoms with Crippen LogP contribution in [0.3, 0.4) is 0 Å². The Labute approximate surface area is 97.5 Å². The van der Waals surface area contributed by atoms with Crippen molar-refractivity contribution in [3.05, 3.63) is 0 Å². The van der Waals surface area contributed by atoms with Gasteiger partial charge >= 0.3 is 0 Å². The highest BCUT2D eigenvalue weighted by Gasteiger charge is 2.21. The summed E-state index contributed by atoms with van der Waals surface area (Å²) in [6.07, 6.45) is 2.52. The average molecular weight is 237 g/mol. The van der Waals surface area contributed by atoms with Crippen molar-refractivity contribution in [3.63, 3.8) is 0 Å². The van der Waals surface area contributed by atoms with Gasteiger partial charge in [0.05, 0.1) is 6.61 Å². The predicted octanol–water partition coefficient (Wildman–Crippen LogP) is 0.559. The molecule has 1 atom stereocenters. The maximum atomic E-state index is 11.2. The zero-order valence-corrected chi connectivity index (χ0v) is 10.2. The molecule has 0 aromatic heterocycles. The summed E-state index contributed by atoms with van der Waals surface area (Å²) in [6.45, 7) is 3.62. The van der Waals surface area contributed by atoms with Gasteiger partial charge in [0.1, 0.15) is 6.61 Å². The van der Waals surface area contributed by atoms with E-state index < -0.39 is 0 Å². The molecule has 1 saturated carbocycles. The first-order chi connectivity index (χ1) is 6.72. The molecule has 0 aliphatic heterocycles. The molecular formula is C10H21ClN2O2. The van der Waals surface area contributed by atoms with E-state index in [4.69, 9.17) is 4.74 Å². The van der Waals surface area contributed by atoms with Crippen LogP contribution in [0, 0.1) is 5.92 Å². The number of likely N-dealkylation sites (N-methyl/N-ethyl adjacent to an activating group) is 1. The van der Waals surface area contributed by atoms with E-state index in [-0.39, 0.29) is 24.9 Å². The Kier molecular flexibility index (Phi) is 7.74. The van der Waals surface area contributed by atoms with Gasteiger partial charge in [0.2, 0.25) is 5.91 Å². The molecule has 1 aliphatic carbocycles. The number of nitrogens with one attached hydrogen (secondary N) is 2. The fourth-order valence-electron chi connectivity index (χ4n) is 1.02. The SMILES string of the molecule is CNC(C)CNC(=O)COCC1CC1.Cl. The third-order valence-corrected chi connectivity index (χ3v) is 2.38. The first kappa shape index (κ1) is 14.7. The van der Waals surface area contributed by atoms with Crippen LogP contribution in [0.2, 0.25) is 0 Å². The molecule has 1 unspecified atom stereocenters. The van der Waals surface area contributed by atoms with E-state index in [2.05, 4.69) is 10.6 Å². The van der Waals surface area contributed by atoms with E-state index in [9.17, 15) is 4.79 Å². The summed E-state index contributed by atoms with van der Waals surface area (Å²) in [5.41, 5.74) is 0. The minimum Gasteiger partial charge on any atom is -0.371 e. The molecule has 1 rings (SSSR count). The second-order valence-corrected chi connectivity index (χ2v) is 3.95. The van der Waals surface area contributed by atoms with E-state index in [1.165, 1.54) is 12.8 Å². The van der Waals surface area contributed by atoms with Crippen LogP contribution in [0.1, 0.15) is 19.8 Å². The first-order valence-corrected chi connectivity index (χ1v) is 5.24. The Bertz CT molecular complexity index is 186. The van der Waals surface area contributed by atoms with Crippen LogP contribution < -0.4 is 10.6 Å². The van der Waals surface area contributed by atoms with E-state index in [1.807, 2.05) is 14.0 Å². The predicted molar refractivity (Wildman–Crippen MR) is 62.3 cm³/mol. The number of carbonyl (C=O) groups is 1. The summed E-state index contributed by atoms with van der Waals surface area (Å²) in [4.78, 5) is 11.2. The molecule has 0 spiro atoms. The molecule has 0 bridgehead atoms. The lowest BCUT2D eigenvalue weighted by atomic mass is 10.3. The quantitative estimate of drug-likeness (QED) is 0.679. The maximum Gasteiger partial charge on any atom is 0.246 e. The summed E-state index contributed by atoms with van der Waals surface area (Å²) >= 11 is 0. The van der Waals surface area contributed by atoms with Gasteiger partial charge in [0.25, 0.3) is 0 Å². The van der Waals surface area contributed by atoms with Crippen molar-refractivity contribution < 1.29 is 9.53 Å². The van der Waals surface area contributed by atoms with Gasteiger partial charge in [-0.25, -0.2) is 0 Å². The molecule has 1 amide bonds. The van der Waals surface area contributed by atoms with Gasteiger partial charge in [-0.15, -0.1) is 12.4 Å². The van der Waals surface area contributed by atoms with Crippen molar-refractivity contribution in [1.29, 1.82) is 0 Å². The smallest absolute Gasteiger partial charge is 0.246 e. The minimum absolute atomic E-state index is 0. The molecule has 0 aromatic carbocycles. The van der Waals surface area contributed by atoms with Crippen molar-refractivity contribution >= 4 is 18.3 Å². The Morgan fingerprint density at radius 1 is 1.53 bits per heavy atom. The van der Waals surface area contributed by atoms with Crippen molar-refractivity contribution in [2.75, 3.05) is 26.8 Å². The molecule has 5 heteroatoms. The fourth-order valence-corrected chi connectivity index (χ4v) is 1.02. The Morgan fingerprint density at radius 2 is 2.20 bits per heavy atom. The molecule has 4 nitrogen and oxygen atoms in total. The highest BCUT2D eigenvalue weighted by atomic mass is 35.5. The third kappa shape index (κ3) is 7.59. The van der Waals surface area contributed by atoms with Crippen molar-refractivity contribution in [1.82, 2.24) is 10.6 Å². The zero-order valence-electron chi connectivity index (χ0n) is 9.41. The number of rotatable bonds is 7. The third-order valence-electron chi connectivity index (χ3n) is 2.38. The number of ether oxygens (including phenoxy) is 1. The van der Waals surface area contributed by atoms with Crippen molar-refractivity contribution in [2.24, 2.45) is 5.92 Å². The second-order valence-electron chi connectivity index (χ2n) is 3.95. The molecule has 0 saturated heterocycles. The van der Waals surface area contributed by atoms with Crippen LogP contribution >= 0.6 is 12.4 Å². The molecule has 0 heterocycles. The number of halogens is 1. The van der Waals surface area contributed by atoms with Crippen LogP contribution in [-0.2, 0) is 9.53 Å². The van der Waals surface area contributed by atoms with Crippen LogP contribution in [0.25, 0.3) is 0 Å². The van der Waals surface area contributed by atoms with E-state index in [1.54, 1.807) is 0 Å². The van der Waals surface area contributed by atoms with Gasteiger partial charge in [-0.05, 0) is 32.7 Å². The summed E-state index contributed by atoms with van der Waals surface area (Å²) in [7, 11) is 1.88. The van der Waals surface area contributed by atoms with E-state index in [0.717, 1.165) is 12.5 Å². The van der Waals surface area contributed by atoms with Crippen LogP contribution in [-0.4, -0.2) is 38.8 Å². The van der Waals surface area contributed by atoms with Gasteiger partial charge in [0, 0.05) is 12.6 Å². The molecule has 0 radical (unpaired) electrons. The van der Waals surface area contributed by atoms with E-state index >= 15 is 0 Å². The number of hydrogen-bond acceptors (Lipinski definition) is 3. The highest BCUT2D eigenvalue weighted by Crippen LogP contribution is 2.28. The summed E-state index contributed by atoms with van der Waals surface area (Å²) < 4.78 is 5.25. The normalized spacial score (nSPS) is 16.7. The topological polar surface area (TPSA) is 50.4 Å². The van der Waals surface area contributed by atoms with Crippen molar-refractivity contribution in [3.8, 4) is 0 Å². The summed E-state index contributed by atoms with van der Waals surface area (Å²) in [5, 5.41) is 5.85. The van der Waals surface area contributed by atoms with Gasteiger partial charge in [-0.1, -0.05) is 0 Å². The number of amides is 1. The van der Waals surface area contributed by atoms with Crippen LogP contribution in [0.5, 0.6) is 0 Å². The minimum atomic E-state index is -0.0206. The molecule has 0 aromatic rings. The van der Waals surface area contributed by atoms with E-state index in [0.29, 0.717) is 12.6 Å². The van der Waals surface area contributed by atoms with Crippen LogP contribution in [0.4, 0.5) is 0 Å². The summed E-state index contributed by atoms with van der Waals surface area (Å²) in [5.74, 6) is 0.701. The number of carbonyl (C=O) groups excluding carboxylic acids is 1. The van der Waals surface area contributed by atoms with Crippen LogP contribution in [0.15, 0.2) is 0 Å². The Morgan fingerprint density at radius 3 is 2.73 bits per heavy atom. The Balaban J connectivity index is 0.00000196. The molecular weight excluding hydrogens is 216 g/mol. The zero-order chi connectivity index (χ0) is 10.4. The largest absolute Gasteiger partial charge is 0.371 e. The fraction of sp³-hybridized carbons (Fsp3) is 0.900. The maximum absolute atomic E-state index is 11.2. The first-order valence-electron chi connectivity index (χ1n) is 5.24. The lowest BCUT2D eigenvalue weighted by Gasteiger charge is -2.11.